The van der Waals surface area contributed by atoms with Crippen molar-refractivity contribution in [3.05, 3.63) is 12.2 Å². The highest BCUT2D eigenvalue weighted by Crippen LogP contribution is 2.02. The van der Waals surface area contributed by atoms with Crippen LogP contribution in [0.25, 0.3) is 0 Å². The van der Waals surface area contributed by atoms with Gasteiger partial charge in [0.1, 0.15) is 6.54 Å². The van der Waals surface area contributed by atoms with Crippen LogP contribution < -0.4 is 0 Å². The lowest BCUT2D eigenvalue weighted by Gasteiger charge is -2.29. The van der Waals surface area contributed by atoms with Gasteiger partial charge in [0.25, 0.3) is 0 Å². The maximum Gasteiger partial charge on any atom is 0.160 e. The number of quaternary nitrogens is 1. The molecule has 0 aliphatic rings. The van der Waals surface area contributed by atoms with E-state index in [1.807, 2.05) is 14.1 Å². The van der Waals surface area contributed by atoms with Crippen LogP contribution >= 0.6 is 0 Å². The van der Waals surface area contributed by atoms with Gasteiger partial charge in [-0.1, -0.05) is 6.58 Å². The van der Waals surface area contributed by atoms with Crippen molar-refractivity contribution in [3.8, 4) is 0 Å². The van der Waals surface area contributed by atoms with E-state index in [9.17, 15) is 17.8 Å². The maximum atomic E-state index is 11.3. The highest BCUT2D eigenvalue weighted by molar-refractivity contribution is 7.85. The van der Waals surface area contributed by atoms with Gasteiger partial charge in [-0.25, -0.2) is 8.42 Å². The summed E-state index contributed by atoms with van der Waals surface area (Å²) in [6.07, 6.45) is 0.671. The summed E-state index contributed by atoms with van der Waals surface area (Å²) in [6.45, 7) is 7.37. The number of ketones is 1. The highest BCUT2D eigenvalue weighted by Gasteiger charge is 2.15. The average molecular weight is 307 g/mol. The molecule has 7 heteroatoms. The van der Waals surface area contributed by atoms with Crippen LogP contribution in [0.4, 0.5) is 0 Å². The van der Waals surface area contributed by atoms with E-state index in [4.69, 9.17) is 4.74 Å². The monoisotopic (exact) mass is 307 g/mol. The van der Waals surface area contributed by atoms with E-state index in [1.165, 1.54) is 0 Å². The van der Waals surface area contributed by atoms with Crippen molar-refractivity contribution >= 4 is 15.9 Å². The van der Waals surface area contributed by atoms with E-state index in [2.05, 4.69) is 6.58 Å². The second-order valence-electron chi connectivity index (χ2n) is 5.56. The minimum Gasteiger partial charge on any atom is -0.748 e. The van der Waals surface area contributed by atoms with Gasteiger partial charge in [-0.3, -0.25) is 4.79 Å². The Bertz CT molecular complexity index is 428. The molecule has 0 bridgehead atoms. The van der Waals surface area contributed by atoms with Gasteiger partial charge in [0.05, 0.1) is 44.0 Å². The first-order chi connectivity index (χ1) is 9.03. The summed E-state index contributed by atoms with van der Waals surface area (Å²) < 4.78 is 37.5. The smallest absolute Gasteiger partial charge is 0.160 e. The minimum absolute atomic E-state index is 0.000553. The fourth-order valence-corrected chi connectivity index (χ4v) is 2.06. The first-order valence-electron chi connectivity index (χ1n) is 6.55. The Labute approximate surface area is 121 Å². The predicted octanol–water partition coefficient (Wildman–Crippen LogP) is 0.550. The van der Waals surface area contributed by atoms with E-state index in [0.717, 1.165) is 0 Å². The van der Waals surface area contributed by atoms with Gasteiger partial charge in [0.2, 0.25) is 0 Å². The summed E-state index contributed by atoms with van der Waals surface area (Å²) >= 11 is 0. The number of hydrogen-bond donors (Lipinski definition) is 0. The Morgan fingerprint density at radius 3 is 2.35 bits per heavy atom. The first kappa shape index (κ1) is 19.2. The molecule has 0 spiro atoms. The Hall–Kier alpha value is -0.760. The van der Waals surface area contributed by atoms with Crippen LogP contribution in [0.15, 0.2) is 12.2 Å². The normalized spacial score (nSPS) is 12.4. The second-order valence-corrected chi connectivity index (χ2v) is 7.09. The third-order valence-electron chi connectivity index (χ3n) is 2.95. The summed E-state index contributed by atoms with van der Waals surface area (Å²) in [6, 6.07) is 0. The maximum absolute atomic E-state index is 11.3. The average Bonchev–Trinajstić information content (AvgIpc) is 2.25. The van der Waals surface area contributed by atoms with Gasteiger partial charge in [0, 0.05) is 18.6 Å². The summed E-state index contributed by atoms with van der Waals surface area (Å²) in [5.41, 5.74) is 0.531. The number of carbonyl (C=O) groups is 1. The standard InChI is InChI=1S/C13H25NO5S/c1-12(2)13(15)6-9-19-10-8-14(3,4)7-5-11-20(16,17)18/h1,5-11H2,2-4H3. The molecule has 6 nitrogen and oxygen atoms in total. The van der Waals surface area contributed by atoms with Crippen LogP contribution in [0.1, 0.15) is 19.8 Å². The van der Waals surface area contributed by atoms with Gasteiger partial charge in [-0.05, 0) is 12.5 Å². The molecule has 0 aliphatic carbocycles. The summed E-state index contributed by atoms with van der Waals surface area (Å²) in [4.78, 5) is 11.3. The van der Waals surface area contributed by atoms with Crippen LogP contribution in [0, 0.1) is 0 Å². The fraction of sp³-hybridized carbons (Fsp3) is 0.769. The number of ether oxygens (including phenoxy) is 1. The van der Waals surface area contributed by atoms with Crippen molar-refractivity contribution in [1.82, 2.24) is 0 Å². The number of hydrogen-bond acceptors (Lipinski definition) is 5. The lowest BCUT2D eigenvalue weighted by atomic mass is 10.2. The molecule has 0 radical (unpaired) electrons. The molecule has 0 fully saturated rings. The van der Waals surface area contributed by atoms with Crippen LogP contribution in [-0.2, 0) is 19.6 Å². The van der Waals surface area contributed by atoms with Crippen molar-refractivity contribution in [1.29, 1.82) is 0 Å². The zero-order valence-corrected chi connectivity index (χ0v) is 13.4. The zero-order valence-electron chi connectivity index (χ0n) is 12.6. The lowest BCUT2D eigenvalue weighted by molar-refractivity contribution is -0.890. The largest absolute Gasteiger partial charge is 0.748 e. The topological polar surface area (TPSA) is 83.5 Å². The Morgan fingerprint density at radius 2 is 1.85 bits per heavy atom. The molecule has 0 aromatic carbocycles. The number of allylic oxidation sites excluding steroid dienone is 1. The van der Waals surface area contributed by atoms with Crippen LogP contribution in [-0.4, -0.2) is 69.4 Å². The lowest BCUT2D eigenvalue weighted by Crippen LogP contribution is -2.43. The fourth-order valence-electron chi connectivity index (χ4n) is 1.57. The Morgan fingerprint density at radius 1 is 1.25 bits per heavy atom. The molecular weight excluding hydrogens is 282 g/mol. The molecule has 0 amide bonds. The van der Waals surface area contributed by atoms with Crippen LogP contribution in [0.2, 0.25) is 0 Å². The van der Waals surface area contributed by atoms with Crippen molar-refractivity contribution in [2.24, 2.45) is 0 Å². The molecule has 0 aromatic heterocycles. The molecule has 20 heavy (non-hydrogen) atoms. The molecule has 0 aromatic rings. The first-order valence-corrected chi connectivity index (χ1v) is 8.13. The van der Waals surface area contributed by atoms with Gasteiger partial charge < -0.3 is 13.8 Å². The van der Waals surface area contributed by atoms with E-state index in [1.54, 1.807) is 6.92 Å². The van der Waals surface area contributed by atoms with E-state index in [-0.39, 0.29) is 11.5 Å². The SMILES string of the molecule is C=C(C)C(=O)CCOCC[N+](C)(C)CCCS(=O)(=O)[O-]. The van der Waals surface area contributed by atoms with Gasteiger partial charge in [-0.2, -0.15) is 0 Å². The number of likely N-dealkylation sites (N-methyl/N-ethyl adjacent to an activating group) is 1. The number of nitrogens with zero attached hydrogens (tertiary/aromatic N) is 1. The molecule has 118 valence electrons. The molecule has 0 saturated heterocycles. The quantitative estimate of drug-likeness (QED) is 0.241. The van der Waals surface area contributed by atoms with Crippen LogP contribution in [0.3, 0.4) is 0 Å². The molecule has 0 rings (SSSR count). The van der Waals surface area contributed by atoms with Crippen molar-refractivity contribution < 1.29 is 27.0 Å². The molecule has 0 unspecified atom stereocenters. The van der Waals surface area contributed by atoms with Crippen molar-refractivity contribution in [2.45, 2.75) is 19.8 Å². The van der Waals surface area contributed by atoms with Crippen molar-refractivity contribution in [3.63, 3.8) is 0 Å². The van der Waals surface area contributed by atoms with Gasteiger partial charge in [0.15, 0.2) is 5.78 Å². The number of Topliss-reactive ketones (excluding diaryl/α,β-unsaturated/α-hetero) is 1. The molecule has 0 saturated carbocycles. The molecule has 0 heterocycles. The zero-order chi connectivity index (χ0) is 15.8. The molecule has 0 N–H and O–H groups in total. The Kier molecular flexibility index (Phi) is 8.19. The van der Waals surface area contributed by atoms with Crippen LogP contribution in [0.5, 0.6) is 0 Å². The van der Waals surface area contributed by atoms with Gasteiger partial charge in [-0.15, -0.1) is 0 Å². The summed E-state index contributed by atoms with van der Waals surface area (Å²) in [5, 5.41) is 0. The minimum atomic E-state index is -4.13. The van der Waals surface area contributed by atoms with E-state index in [0.29, 0.717) is 49.2 Å². The Balaban J connectivity index is 3.77. The molecule has 0 aliphatic heterocycles. The third kappa shape index (κ3) is 11.1. The second kappa shape index (κ2) is 8.51. The molecular formula is C13H25NO5S. The van der Waals surface area contributed by atoms with E-state index < -0.39 is 10.1 Å². The molecule has 0 atom stereocenters. The summed E-state index contributed by atoms with van der Waals surface area (Å²) in [7, 11) is -0.242. The van der Waals surface area contributed by atoms with Gasteiger partial charge >= 0.3 is 0 Å². The number of rotatable bonds is 11. The highest BCUT2D eigenvalue weighted by atomic mass is 32.2. The summed E-state index contributed by atoms with van der Waals surface area (Å²) in [5.74, 6) is -0.331. The van der Waals surface area contributed by atoms with E-state index >= 15 is 0 Å². The third-order valence-corrected chi connectivity index (χ3v) is 3.74. The predicted molar refractivity (Wildman–Crippen MR) is 76.3 cm³/mol. The van der Waals surface area contributed by atoms with Crippen molar-refractivity contribution in [2.75, 3.05) is 46.2 Å². The number of carbonyl (C=O) groups excluding carboxylic acids is 1.